The number of hydrogen-bond donors (Lipinski definition) is 1. The molecular weight excluding hydrogens is 126 g/mol. The molecule has 0 aromatic carbocycles. The van der Waals surface area contributed by atoms with Gasteiger partial charge in [0.2, 0.25) is 0 Å². The number of rotatable bonds is 1. The van der Waals surface area contributed by atoms with E-state index in [1.54, 1.807) is 18.4 Å². The van der Waals surface area contributed by atoms with E-state index >= 15 is 0 Å². The largest absolute Gasteiger partial charge is 0.361 e. The fourth-order valence-electron chi connectivity index (χ4n) is 0.676. The molecule has 0 saturated carbocycles. The maximum atomic E-state index is 10.7. The number of dihydropyridines is 1. The summed E-state index contributed by atoms with van der Waals surface area (Å²) in [4.78, 5) is 10.7. The molecule has 1 aliphatic heterocycles. The van der Waals surface area contributed by atoms with Gasteiger partial charge in [-0.05, 0) is 19.1 Å². The number of ketones is 1. The SMILES string of the molecule is C=C1C=CC(C(C)=O)=CN1. The average Bonchev–Trinajstić information content (AvgIpc) is 1.88. The zero-order valence-corrected chi connectivity index (χ0v) is 5.85. The predicted octanol–water partition coefficient (Wildman–Crippen LogP) is 1.13. The van der Waals surface area contributed by atoms with Crippen molar-refractivity contribution >= 4 is 5.78 Å². The van der Waals surface area contributed by atoms with Crippen LogP contribution >= 0.6 is 0 Å². The molecule has 52 valence electrons. The standard InChI is InChI=1S/C8H9NO/c1-6-3-4-8(5-9-6)7(2)10/h3-5,9H,1H2,2H3. The van der Waals surface area contributed by atoms with Crippen LogP contribution in [0.3, 0.4) is 0 Å². The molecule has 0 fully saturated rings. The summed E-state index contributed by atoms with van der Waals surface area (Å²) in [6.07, 6.45) is 5.18. The maximum absolute atomic E-state index is 10.7. The molecule has 0 aromatic heterocycles. The highest BCUT2D eigenvalue weighted by Crippen LogP contribution is 2.04. The highest BCUT2D eigenvalue weighted by Gasteiger charge is 2.01. The van der Waals surface area contributed by atoms with E-state index in [9.17, 15) is 4.79 Å². The summed E-state index contributed by atoms with van der Waals surface area (Å²) in [7, 11) is 0. The smallest absolute Gasteiger partial charge is 0.161 e. The minimum atomic E-state index is 0.0660. The van der Waals surface area contributed by atoms with Gasteiger partial charge in [-0.25, -0.2) is 0 Å². The fourth-order valence-corrected chi connectivity index (χ4v) is 0.676. The van der Waals surface area contributed by atoms with Gasteiger partial charge >= 0.3 is 0 Å². The minimum absolute atomic E-state index is 0.0660. The molecule has 0 spiro atoms. The van der Waals surface area contributed by atoms with Gasteiger partial charge in [-0.2, -0.15) is 0 Å². The Morgan fingerprint density at radius 1 is 1.60 bits per heavy atom. The molecule has 0 radical (unpaired) electrons. The summed E-state index contributed by atoms with van der Waals surface area (Å²) in [6.45, 7) is 5.19. The topological polar surface area (TPSA) is 29.1 Å². The van der Waals surface area contributed by atoms with Crippen LogP contribution in [0.5, 0.6) is 0 Å². The van der Waals surface area contributed by atoms with Gasteiger partial charge in [0, 0.05) is 17.5 Å². The van der Waals surface area contributed by atoms with Gasteiger partial charge in [-0.3, -0.25) is 4.79 Å². The first-order valence-electron chi connectivity index (χ1n) is 3.05. The van der Waals surface area contributed by atoms with Gasteiger partial charge in [0.15, 0.2) is 5.78 Å². The van der Waals surface area contributed by atoms with E-state index in [-0.39, 0.29) is 5.78 Å². The van der Waals surface area contributed by atoms with Crippen molar-refractivity contribution in [3.63, 3.8) is 0 Å². The van der Waals surface area contributed by atoms with E-state index < -0.39 is 0 Å². The van der Waals surface area contributed by atoms with Crippen molar-refractivity contribution in [3.8, 4) is 0 Å². The number of carbonyl (C=O) groups is 1. The van der Waals surface area contributed by atoms with E-state index in [4.69, 9.17) is 0 Å². The van der Waals surface area contributed by atoms with Crippen LogP contribution in [0, 0.1) is 0 Å². The summed E-state index contributed by atoms with van der Waals surface area (Å²) >= 11 is 0. The lowest BCUT2D eigenvalue weighted by Gasteiger charge is -2.06. The minimum Gasteiger partial charge on any atom is -0.361 e. The average molecular weight is 135 g/mol. The Kier molecular flexibility index (Phi) is 1.71. The van der Waals surface area contributed by atoms with Crippen LogP contribution in [0.4, 0.5) is 0 Å². The lowest BCUT2D eigenvalue weighted by molar-refractivity contribution is -0.113. The van der Waals surface area contributed by atoms with Crippen LogP contribution in [0.1, 0.15) is 6.92 Å². The molecular formula is C8H9NO. The van der Waals surface area contributed by atoms with Crippen LogP contribution < -0.4 is 5.32 Å². The second-order valence-electron chi connectivity index (χ2n) is 2.16. The van der Waals surface area contributed by atoms with Crippen molar-refractivity contribution in [1.29, 1.82) is 0 Å². The summed E-state index contributed by atoms with van der Waals surface area (Å²) in [5, 5.41) is 2.85. The van der Waals surface area contributed by atoms with Gasteiger partial charge in [-0.1, -0.05) is 6.58 Å². The lowest BCUT2D eigenvalue weighted by atomic mass is 10.1. The molecule has 1 N–H and O–H groups in total. The van der Waals surface area contributed by atoms with Gasteiger partial charge in [0.1, 0.15) is 0 Å². The molecule has 2 heteroatoms. The number of hydrogen-bond acceptors (Lipinski definition) is 2. The normalized spacial score (nSPS) is 16.1. The van der Waals surface area contributed by atoms with Gasteiger partial charge in [0.25, 0.3) is 0 Å². The van der Waals surface area contributed by atoms with Crippen LogP contribution in [0.15, 0.2) is 36.2 Å². The molecule has 10 heavy (non-hydrogen) atoms. The Morgan fingerprint density at radius 2 is 2.30 bits per heavy atom. The molecule has 0 aromatic rings. The van der Waals surface area contributed by atoms with E-state index in [0.717, 1.165) is 5.70 Å². The molecule has 0 atom stereocenters. The molecule has 0 aliphatic carbocycles. The van der Waals surface area contributed by atoms with Crippen LogP contribution in [-0.4, -0.2) is 5.78 Å². The highest BCUT2D eigenvalue weighted by atomic mass is 16.1. The van der Waals surface area contributed by atoms with Crippen molar-refractivity contribution in [2.75, 3.05) is 0 Å². The Morgan fingerprint density at radius 3 is 2.70 bits per heavy atom. The summed E-state index contributed by atoms with van der Waals surface area (Å²) < 4.78 is 0. The Balaban J connectivity index is 2.77. The molecule has 2 nitrogen and oxygen atoms in total. The summed E-state index contributed by atoms with van der Waals surface area (Å²) in [5.74, 6) is 0.0660. The number of nitrogens with one attached hydrogen (secondary N) is 1. The van der Waals surface area contributed by atoms with Crippen molar-refractivity contribution in [1.82, 2.24) is 5.32 Å². The molecule has 1 heterocycles. The zero-order chi connectivity index (χ0) is 7.56. The zero-order valence-electron chi connectivity index (χ0n) is 5.85. The first-order valence-corrected chi connectivity index (χ1v) is 3.05. The molecule has 0 unspecified atom stereocenters. The fraction of sp³-hybridized carbons (Fsp3) is 0.125. The molecule has 1 rings (SSSR count). The predicted molar refractivity (Wildman–Crippen MR) is 40.2 cm³/mol. The highest BCUT2D eigenvalue weighted by molar-refractivity contribution is 5.96. The van der Waals surface area contributed by atoms with E-state index in [0.29, 0.717) is 5.57 Å². The van der Waals surface area contributed by atoms with Crippen molar-refractivity contribution in [2.45, 2.75) is 6.92 Å². The summed E-state index contributed by atoms with van der Waals surface area (Å²) in [5.41, 5.74) is 1.50. The molecule has 0 saturated heterocycles. The third kappa shape index (κ3) is 1.35. The molecule has 1 aliphatic rings. The Hall–Kier alpha value is -1.31. The van der Waals surface area contributed by atoms with Gasteiger partial charge in [-0.15, -0.1) is 0 Å². The Labute approximate surface area is 59.9 Å². The number of Topliss-reactive ketones (excluding diaryl/α,β-unsaturated/α-hetero) is 1. The van der Waals surface area contributed by atoms with Gasteiger partial charge < -0.3 is 5.32 Å². The van der Waals surface area contributed by atoms with Crippen molar-refractivity contribution in [2.24, 2.45) is 0 Å². The van der Waals surface area contributed by atoms with Crippen molar-refractivity contribution in [3.05, 3.63) is 36.2 Å². The molecule has 0 amide bonds. The van der Waals surface area contributed by atoms with E-state index in [1.165, 1.54) is 6.92 Å². The lowest BCUT2D eigenvalue weighted by Crippen LogP contribution is -2.09. The van der Waals surface area contributed by atoms with Crippen molar-refractivity contribution < 1.29 is 4.79 Å². The quantitative estimate of drug-likeness (QED) is 0.584. The number of allylic oxidation sites excluding steroid dienone is 3. The van der Waals surface area contributed by atoms with Crippen LogP contribution in [0.2, 0.25) is 0 Å². The third-order valence-electron chi connectivity index (χ3n) is 1.28. The second-order valence-corrected chi connectivity index (χ2v) is 2.16. The van der Waals surface area contributed by atoms with E-state index in [1.807, 2.05) is 0 Å². The summed E-state index contributed by atoms with van der Waals surface area (Å²) in [6, 6.07) is 0. The van der Waals surface area contributed by atoms with Gasteiger partial charge in [0.05, 0.1) is 0 Å². The molecule has 0 bridgehead atoms. The monoisotopic (exact) mass is 135 g/mol. The first-order chi connectivity index (χ1) is 4.70. The number of carbonyl (C=O) groups excluding carboxylic acids is 1. The van der Waals surface area contributed by atoms with Crippen LogP contribution in [0.25, 0.3) is 0 Å². The maximum Gasteiger partial charge on any atom is 0.161 e. The Bertz CT molecular complexity index is 236. The first kappa shape index (κ1) is 6.81. The van der Waals surface area contributed by atoms with Crippen LogP contribution in [-0.2, 0) is 4.79 Å². The third-order valence-corrected chi connectivity index (χ3v) is 1.28. The second kappa shape index (κ2) is 2.52. The van der Waals surface area contributed by atoms with E-state index in [2.05, 4.69) is 11.9 Å².